The Morgan fingerprint density at radius 3 is 2.75 bits per heavy atom. The molecule has 4 rings (SSSR count). The van der Waals surface area contributed by atoms with Gasteiger partial charge in [-0.25, -0.2) is 0 Å². The van der Waals surface area contributed by atoms with Gasteiger partial charge in [0.05, 0.1) is 19.1 Å². The molecule has 1 aromatic heterocycles. The average Bonchev–Trinajstić information content (AvgIpc) is 3.21. The summed E-state index contributed by atoms with van der Waals surface area (Å²) in [6.45, 7) is 0. The Morgan fingerprint density at radius 2 is 2.00 bits per heavy atom. The summed E-state index contributed by atoms with van der Waals surface area (Å²) in [7, 11) is 3.13. The molecule has 1 aliphatic heterocycles. The first-order valence-electron chi connectivity index (χ1n) is 8.34. The maximum Gasteiger partial charge on any atom is 0.270 e. The third-order valence-electron chi connectivity index (χ3n) is 4.45. The van der Waals surface area contributed by atoms with Crippen LogP contribution in [0.1, 0.15) is 17.2 Å². The van der Waals surface area contributed by atoms with Crippen molar-refractivity contribution in [2.75, 3.05) is 19.5 Å². The van der Waals surface area contributed by atoms with Gasteiger partial charge in [0.1, 0.15) is 6.04 Å². The number of non-ortho nitro benzene ring substituents is 1. The van der Waals surface area contributed by atoms with Crippen LogP contribution in [0.15, 0.2) is 48.5 Å². The predicted octanol–water partition coefficient (Wildman–Crippen LogP) is 2.65. The van der Waals surface area contributed by atoms with Crippen LogP contribution in [0.25, 0.3) is 5.70 Å². The van der Waals surface area contributed by atoms with Gasteiger partial charge >= 0.3 is 0 Å². The summed E-state index contributed by atoms with van der Waals surface area (Å²) < 4.78 is 12.6. The minimum absolute atomic E-state index is 0.000811. The van der Waals surface area contributed by atoms with Crippen molar-refractivity contribution in [3.63, 3.8) is 0 Å². The van der Waals surface area contributed by atoms with E-state index in [9.17, 15) is 10.1 Å². The number of nitro groups is 1. The molecule has 2 aromatic carbocycles. The van der Waals surface area contributed by atoms with Crippen LogP contribution in [-0.2, 0) is 0 Å². The molecule has 1 atom stereocenters. The van der Waals surface area contributed by atoms with E-state index in [0.717, 1.165) is 5.56 Å². The molecule has 0 fully saturated rings. The maximum absolute atomic E-state index is 11.1. The van der Waals surface area contributed by atoms with Gasteiger partial charge in [-0.1, -0.05) is 29.4 Å². The van der Waals surface area contributed by atoms with Gasteiger partial charge in [0.15, 0.2) is 11.5 Å². The molecule has 10 heteroatoms. The van der Waals surface area contributed by atoms with Gasteiger partial charge in [-0.2, -0.15) is 4.68 Å². The van der Waals surface area contributed by atoms with Gasteiger partial charge in [0, 0.05) is 29.0 Å². The number of hydrogen-bond acceptors (Lipinski definition) is 8. The number of nitro benzene ring substituents is 1. The molecular formula is C18H16N6O4. The second-order valence-corrected chi connectivity index (χ2v) is 5.99. The third-order valence-corrected chi connectivity index (χ3v) is 4.45. The van der Waals surface area contributed by atoms with Crippen LogP contribution in [-0.4, -0.2) is 39.4 Å². The summed E-state index contributed by atoms with van der Waals surface area (Å²) in [5.74, 6) is 1.56. The molecule has 0 saturated carbocycles. The Morgan fingerprint density at radius 1 is 1.18 bits per heavy atom. The Labute approximate surface area is 159 Å². The molecule has 10 nitrogen and oxygen atoms in total. The van der Waals surface area contributed by atoms with Crippen LogP contribution in [0.3, 0.4) is 0 Å². The summed E-state index contributed by atoms with van der Waals surface area (Å²) in [5, 5.41) is 26.1. The Balaban J connectivity index is 1.86. The Kier molecular flexibility index (Phi) is 4.36. The topological polar surface area (TPSA) is 117 Å². The number of aromatic nitrogens is 4. The summed E-state index contributed by atoms with van der Waals surface area (Å²) in [5.41, 5.74) is 2.09. The highest BCUT2D eigenvalue weighted by Crippen LogP contribution is 2.40. The monoisotopic (exact) mass is 380 g/mol. The molecule has 0 saturated heterocycles. The molecule has 1 aliphatic rings. The second kappa shape index (κ2) is 6.99. The lowest BCUT2D eigenvalue weighted by atomic mass is 10.00. The first-order valence-corrected chi connectivity index (χ1v) is 8.34. The van der Waals surface area contributed by atoms with E-state index < -0.39 is 11.0 Å². The number of ether oxygens (including phenoxy) is 2. The van der Waals surface area contributed by atoms with Crippen LogP contribution in [0.5, 0.6) is 11.5 Å². The second-order valence-electron chi connectivity index (χ2n) is 5.99. The standard InChI is InChI=1S/C18H16N6O4/c1-27-16-8-4-7-13(17(16)28-2)15-10-14(19-18-20-21-22-23(15)18)11-5-3-6-12(9-11)24(25)26/h3-10,15H,1-2H3,(H,19,20,22)/t15-/m1/s1. The molecule has 0 radical (unpaired) electrons. The molecule has 0 aliphatic carbocycles. The quantitative estimate of drug-likeness (QED) is 0.530. The maximum atomic E-state index is 11.1. The van der Waals surface area contributed by atoms with E-state index >= 15 is 0 Å². The van der Waals surface area contributed by atoms with Gasteiger partial charge in [-0.15, -0.1) is 0 Å². The lowest BCUT2D eigenvalue weighted by Gasteiger charge is -2.25. The normalized spacial score (nSPS) is 15.2. The van der Waals surface area contributed by atoms with Crippen molar-refractivity contribution in [2.45, 2.75) is 6.04 Å². The highest BCUT2D eigenvalue weighted by Gasteiger charge is 2.28. The van der Waals surface area contributed by atoms with E-state index in [2.05, 4.69) is 20.8 Å². The zero-order valence-corrected chi connectivity index (χ0v) is 15.1. The highest BCUT2D eigenvalue weighted by molar-refractivity contribution is 5.78. The minimum Gasteiger partial charge on any atom is -0.493 e. The number of nitrogens with zero attached hydrogens (tertiary/aromatic N) is 5. The van der Waals surface area contributed by atoms with Crippen molar-refractivity contribution in [1.82, 2.24) is 20.2 Å². The molecule has 28 heavy (non-hydrogen) atoms. The van der Waals surface area contributed by atoms with Crippen LogP contribution < -0.4 is 14.8 Å². The van der Waals surface area contributed by atoms with E-state index in [1.165, 1.54) is 12.1 Å². The van der Waals surface area contributed by atoms with Crippen molar-refractivity contribution >= 4 is 17.3 Å². The van der Waals surface area contributed by atoms with E-state index in [1.807, 2.05) is 18.2 Å². The number of methoxy groups -OCH3 is 2. The molecule has 0 unspecified atom stereocenters. The molecule has 1 N–H and O–H groups in total. The molecule has 0 spiro atoms. The molecule has 0 amide bonds. The zero-order valence-electron chi connectivity index (χ0n) is 15.1. The average molecular weight is 380 g/mol. The Bertz CT molecular complexity index is 1080. The van der Waals surface area contributed by atoms with Gasteiger partial charge in [0.2, 0.25) is 5.95 Å². The van der Waals surface area contributed by atoms with Gasteiger partial charge in [0.25, 0.3) is 5.69 Å². The van der Waals surface area contributed by atoms with Crippen molar-refractivity contribution in [1.29, 1.82) is 0 Å². The van der Waals surface area contributed by atoms with Crippen molar-refractivity contribution in [3.05, 3.63) is 69.8 Å². The summed E-state index contributed by atoms with van der Waals surface area (Å²) in [6.07, 6.45) is 1.89. The summed E-state index contributed by atoms with van der Waals surface area (Å²) >= 11 is 0. The number of benzene rings is 2. The highest BCUT2D eigenvalue weighted by atomic mass is 16.6. The Hall–Kier alpha value is -3.95. The van der Waals surface area contributed by atoms with E-state index in [4.69, 9.17) is 9.47 Å². The zero-order chi connectivity index (χ0) is 19.7. The first-order chi connectivity index (χ1) is 13.6. The number of hydrogen-bond donors (Lipinski definition) is 1. The lowest BCUT2D eigenvalue weighted by Crippen LogP contribution is -2.21. The lowest BCUT2D eigenvalue weighted by molar-refractivity contribution is -0.384. The smallest absolute Gasteiger partial charge is 0.270 e. The van der Waals surface area contributed by atoms with E-state index in [0.29, 0.717) is 28.7 Å². The van der Waals surface area contributed by atoms with Gasteiger partial charge in [-0.05, 0) is 22.6 Å². The number of fused-ring (bicyclic) bond motifs is 1. The van der Waals surface area contributed by atoms with Gasteiger partial charge in [-0.3, -0.25) is 10.1 Å². The number of nitrogens with one attached hydrogen (secondary N) is 1. The predicted molar refractivity (Wildman–Crippen MR) is 100 cm³/mol. The fraction of sp³-hybridized carbons (Fsp3) is 0.167. The number of allylic oxidation sites excluding steroid dienone is 1. The third kappa shape index (κ3) is 2.90. The van der Waals surface area contributed by atoms with Gasteiger partial charge < -0.3 is 14.8 Å². The largest absolute Gasteiger partial charge is 0.493 e. The minimum atomic E-state index is -0.431. The SMILES string of the molecule is COc1cccc([C@H]2C=C(c3cccc([N+](=O)[O-])c3)Nc3nnnn32)c1OC. The fourth-order valence-corrected chi connectivity index (χ4v) is 3.18. The molecule has 0 bridgehead atoms. The van der Waals surface area contributed by atoms with Crippen LogP contribution >= 0.6 is 0 Å². The summed E-state index contributed by atoms with van der Waals surface area (Å²) in [4.78, 5) is 10.7. The molecular weight excluding hydrogens is 364 g/mol. The number of anilines is 1. The molecule has 3 aromatic rings. The van der Waals surface area contributed by atoms with Crippen LogP contribution in [0.2, 0.25) is 0 Å². The van der Waals surface area contributed by atoms with E-state index in [-0.39, 0.29) is 5.69 Å². The van der Waals surface area contributed by atoms with Crippen molar-refractivity contribution in [2.24, 2.45) is 0 Å². The van der Waals surface area contributed by atoms with Crippen LogP contribution in [0, 0.1) is 10.1 Å². The number of rotatable bonds is 5. The number of para-hydroxylation sites is 1. The fourth-order valence-electron chi connectivity index (χ4n) is 3.18. The summed E-state index contributed by atoms with van der Waals surface area (Å²) in [6, 6.07) is 11.5. The molecule has 142 valence electrons. The molecule has 2 heterocycles. The number of tetrazole rings is 1. The van der Waals surface area contributed by atoms with Crippen LogP contribution in [0.4, 0.5) is 11.6 Å². The van der Waals surface area contributed by atoms with Crippen molar-refractivity contribution < 1.29 is 14.4 Å². The van der Waals surface area contributed by atoms with Crippen molar-refractivity contribution in [3.8, 4) is 11.5 Å². The first kappa shape index (κ1) is 17.5. The van der Waals surface area contributed by atoms with E-state index in [1.54, 1.807) is 37.1 Å².